The van der Waals surface area contributed by atoms with Crippen molar-refractivity contribution in [3.05, 3.63) is 48.3 Å². The van der Waals surface area contributed by atoms with Crippen LogP contribution in [0.3, 0.4) is 0 Å². The lowest BCUT2D eigenvalue weighted by Gasteiger charge is -2.32. The van der Waals surface area contributed by atoms with Gasteiger partial charge in [0.1, 0.15) is 5.69 Å². The molecule has 0 atom stereocenters. The molecule has 1 aromatic heterocycles. The summed E-state index contributed by atoms with van der Waals surface area (Å²) < 4.78 is 0. The lowest BCUT2D eigenvalue weighted by Crippen LogP contribution is -2.32. The van der Waals surface area contributed by atoms with Crippen molar-refractivity contribution in [1.82, 2.24) is 4.98 Å². The van der Waals surface area contributed by atoms with Crippen LogP contribution in [0.15, 0.2) is 42.6 Å². The van der Waals surface area contributed by atoms with Crippen molar-refractivity contribution in [2.24, 2.45) is 11.8 Å². The molecule has 1 aliphatic rings. The van der Waals surface area contributed by atoms with E-state index in [1.807, 2.05) is 18.2 Å². The molecule has 1 fully saturated rings. The van der Waals surface area contributed by atoms with Crippen LogP contribution >= 0.6 is 0 Å². The molecular weight excluding hydrogens is 348 g/mol. The van der Waals surface area contributed by atoms with Gasteiger partial charge in [0.25, 0.3) is 5.91 Å². The third-order valence-corrected chi connectivity index (χ3v) is 5.32. The van der Waals surface area contributed by atoms with Gasteiger partial charge in [-0.3, -0.25) is 4.79 Å². The summed E-state index contributed by atoms with van der Waals surface area (Å²) in [6.45, 7) is 9.84. The van der Waals surface area contributed by atoms with E-state index in [0.717, 1.165) is 43.3 Å². The van der Waals surface area contributed by atoms with E-state index in [1.54, 1.807) is 12.3 Å². The number of anilines is 3. The van der Waals surface area contributed by atoms with Gasteiger partial charge in [0.05, 0.1) is 11.9 Å². The fourth-order valence-electron chi connectivity index (χ4n) is 3.36. The summed E-state index contributed by atoms with van der Waals surface area (Å²) in [5, 5.41) is 6.27. The molecule has 0 aliphatic carbocycles. The van der Waals surface area contributed by atoms with Crippen molar-refractivity contribution < 1.29 is 4.79 Å². The predicted octanol–water partition coefficient (Wildman–Crippen LogP) is 5.03. The molecule has 0 saturated carbocycles. The molecular formula is C23H32N4O. The summed E-state index contributed by atoms with van der Waals surface area (Å²) in [7, 11) is 0. The quantitative estimate of drug-likeness (QED) is 0.707. The number of hydrogen-bond acceptors (Lipinski definition) is 4. The van der Waals surface area contributed by atoms with Gasteiger partial charge >= 0.3 is 0 Å². The number of carbonyl (C=O) groups is 1. The van der Waals surface area contributed by atoms with E-state index < -0.39 is 0 Å². The Labute approximate surface area is 168 Å². The van der Waals surface area contributed by atoms with Crippen LogP contribution in [0.2, 0.25) is 0 Å². The van der Waals surface area contributed by atoms with E-state index in [2.05, 4.69) is 53.4 Å². The molecule has 5 heteroatoms. The standard InChI is InChI=1S/C23H32N4O/c1-17(2)10-13-24-20-6-9-22(25-16-20)23(28)26-19-4-7-21(8-5-19)27-14-11-18(3)12-15-27/h4-9,16-18,24H,10-15H2,1-3H3,(H,26,28). The molecule has 2 N–H and O–H groups in total. The highest BCUT2D eigenvalue weighted by Crippen LogP contribution is 2.24. The number of carbonyl (C=O) groups excluding carboxylic acids is 1. The number of hydrogen-bond donors (Lipinski definition) is 2. The Morgan fingerprint density at radius 2 is 1.79 bits per heavy atom. The number of nitrogens with zero attached hydrogens (tertiary/aromatic N) is 2. The monoisotopic (exact) mass is 380 g/mol. The average molecular weight is 381 g/mol. The normalized spacial score (nSPS) is 14.9. The molecule has 28 heavy (non-hydrogen) atoms. The van der Waals surface area contributed by atoms with Crippen molar-refractivity contribution in [3.63, 3.8) is 0 Å². The summed E-state index contributed by atoms with van der Waals surface area (Å²) in [5.74, 6) is 1.29. The summed E-state index contributed by atoms with van der Waals surface area (Å²) in [4.78, 5) is 19.1. The molecule has 0 spiro atoms. The van der Waals surface area contributed by atoms with Crippen molar-refractivity contribution in [2.75, 3.05) is 35.2 Å². The highest BCUT2D eigenvalue weighted by Gasteiger charge is 2.16. The van der Waals surface area contributed by atoms with Crippen LogP contribution in [0, 0.1) is 11.8 Å². The zero-order valence-electron chi connectivity index (χ0n) is 17.2. The number of benzene rings is 1. The Morgan fingerprint density at radius 3 is 2.39 bits per heavy atom. The molecule has 150 valence electrons. The van der Waals surface area contributed by atoms with Gasteiger partial charge < -0.3 is 15.5 Å². The minimum Gasteiger partial charge on any atom is -0.384 e. The largest absolute Gasteiger partial charge is 0.384 e. The summed E-state index contributed by atoms with van der Waals surface area (Å²) in [5.41, 5.74) is 3.38. The van der Waals surface area contributed by atoms with Crippen LogP contribution in [0.1, 0.15) is 50.5 Å². The molecule has 2 heterocycles. The Bertz CT molecular complexity index is 747. The van der Waals surface area contributed by atoms with Gasteiger partial charge in [-0.05, 0) is 67.5 Å². The van der Waals surface area contributed by atoms with Crippen LogP contribution < -0.4 is 15.5 Å². The lowest BCUT2D eigenvalue weighted by molar-refractivity contribution is 0.102. The number of pyridine rings is 1. The topological polar surface area (TPSA) is 57.3 Å². The molecule has 2 aromatic rings. The van der Waals surface area contributed by atoms with Gasteiger partial charge in [0.2, 0.25) is 0 Å². The van der Waals surface area contributed by atoms with Gasteiger partial charge in [-0.25, -0.2) is 4.98 Å². The number of amides is 1. The van der Waals surface area contributed by atoms with E-state index >= 15 is 0 Å². The van der Waals surface area contributed by atoms with E-state index in [0.29, 0.717) is 11.6 Å². The summed E-state index contributed by atoms with van der Waals surface area (Å²) in [6.07, 6.45) is 5.31. The first-order valence-corrected chi connectivity index (χ1v) is 10.4. The summed E-state index contributed by atoms with van der Waals surface area (Å²) >= 11 is 0. The van der Waals surface area contributed by atoms with Crippen LogP contribution in [-0.4, -0.2) is 30.5 Å². The van der Waals surface area contributed by atoms with Crippen LogP contribution in [-0.2, 0) is 0 Å². The van der Waals surface area contributed by atoms with Crippen molar-refractivity contribution >= 4 is 23.0 Å². The van der Waals surface area contributed by atoms with Gasteiger partial charge in [0.15, 0.2) is 0 Å². The Hall–Kier alpha value is -2.56. The smallest absolute Gasteiger partial charge is 0.274 e. The molecule has 0 radical (unpaired) electrons. The van der Waals surface area contributed by atoms with Crippen molar-refractivity contribution in [3.8, 4) is 0 Å². The van der Waals surface area contributed by atoms with E-state index in [4.69, 9.17) is 0 Å². The van der Waals surface area contributed by atoms with Crippen LogP contribution in [0.5, 0.6) is 0 Å². The zero-order valence-corrected chi connectivity index (χ0v) is 17.2. The van der Waals surface area contributed by atoms with Gasteiger partial charge in [-0.1, -0.05) is 20.8 Å². The zero-order chi connectivity index (χ0) is 19.9. The molecule has 1 amide bonds. The number of aromatic nitrogens is 1. The molecule has 5 nitrogen and oxygen atoms in total. The number of piperidine rings is 1. The Morgan fingerprint density at radius 1 is 1.11 bits per heavy atom. The molecule has 1 saturated heterocycles. The number of rotatable bonds is 7. The van der Waals surface area contributed by atoms with Crippen molar-refractivity contribution in [1.29, 1.82) is 0 Å². The molecule has 0 unspecified atom stereocenters. The van der Waals surface area contributed by atoms with Crippen molar-refractivity contribution in [2.45, 2.75) is 40.0 Å². The first-order chi connectivity index (χ1) is 13.5. The molecule has 1 aromatic carbocycles. The SMILES string of the molecule is CC(C)CCNc1ccc(C(=O)Nc2ccc(N3CCC(C)CC3)cc2)nc1. The van der Waals surface area contributed by atoms with Gasteiger partial charge in [-0.15, -0.1) is 0 Å². The second kappa shape index (κ2) is 9.58. The first-order valence-electron chi connectivity index (χ1n) is 10.4. The Kier molecular flexibility index (Phi) is 6.90. The maximum absolute atomic E-state index is 12.4. The highest BCUT2D eigenvalue weighted by atomic mass is 16.1. The summed E-state index contributed by atoms with van der Waals surface area (Å²) in [6, 6.07) is 11.8. The number of nitrogens with one attached hydrogen (secondary N) is 2. The van der Waals surface area contributed by atoms with Gasteiger partial charge in [-0.2, -0.15) is 0 Å². The Balaban J connectivity index is 1.52. The fraction of sp³-hybridized carbons (Fsp3) is 0.478. The molecule has 1 aliphatic heterocycles. The lowest BCUT2D eigenvalue weighted by atomic mass is 9.99. The molecule has 0 bridgehead atoms. The van der Waals surface area contributed by atoms with E-state index in [-0.39, 0.29) is 5.91 Å². The minimum absolute atomic E-state index is 0.187. The third-order valence-electron chi connectivity index (χ3n) is 5.32. The minimum atomic E-state index is -0.187. The van der Waals surface area contributed by atoms with E-state index in [9.17, 15) is 4.79 Å². The third kappa shape index (κ3) is 5.72. The second-order valence-electron chi connectivity index (χ2n) is 8.21. The highest BCUT2D eigenvalue weighted by molar-refractivity contribution is 6.03. The van der Waals surface area contributed by atoms with E-state index in [1.165, 1.54) is 18.5 Å². The maximum Gasteiger partial charge on any atom is 0.274 e. The molecule has 3 rings (SSSR count). The van der Waals surface area contributed by atoms with Crippen LogP contribution in [0.4, 0.5) is 17.1 Å². The fourth-order valence-corrected chi connectivity index (χ4v) is 3.36. The predicted molar refractivity (Wildman–Crippen MR) is 117 cm³/mol. The first kappa shape index (κ1) is 20.2. The average Bonchev–Trinajstić information content (AvgIpc) is 2.69. The second-order valence-corrected chi connectivity index (χ2v) is 8.21. The maximum atomic E-state index is 12.4. The van der Waals surface area contributed by atoms with Crippen LogP contribution in [0.25, 0.3) is 0 Å². The van der Waals surface area contributed by atoms with Gasteiger partial charge in [0, 0.05) is 31.0 Å².